The second-order valence-electron chi connectivity index (χ2n) is 10.0. The number of hydrogen-bond donors (Lipinski definition) is 1. The van der Waals surface area contributed by atoms with E-state index in [2.05, 4.69) is 10.3 Å². The van der Waals surface area contributed by atoms with Crippen molar-refractivity contribution in [2.45, 2.75) is 70.4 Å². The molecule has 1 aliphatic heterocycles. The van der Waals surface area contributed by atoms with Gasteiger partial charge in [0, 0.05) is 24.8 Å². The van der Waals surface area contributed by atoms with E-state index in [0.717, 1.165) is 11.1 Å². The van der Waals surface area contributed by atoms with E-state index in [1.807, 2.05) is 33.8 Å². The highest BCUT2D eigenvalue weighted by Crippen LogP contribution is 2.52. The molecule has 2 aliphatic rings. The Kier molecular flexibility index (Phi) is 5.88. The lowest BCUT2D eigenvalue weighted by Gasteiger charge is -2.34. The van der Waals surface area contributed by atoms with E-state index in [-0.39, 0.29) is 17.9 Å². The van der Waals surface area contributed by atoms with Gasteiger partial charge in [-0.3, -0.25) is 9.78 Å². The number of nitrogens with one attached hydrogen (secondary N) is 1. The second-order valence-corrected chi connectivity index (χ2v) is 10.0. The highest BCUT2D eigenvalue weighted by atomic mass is 19.3. The molecule has 1 atom stereocenters. The van der Waals surface area contributed by atoms with Gasteiger partial charge in [-0.25, -0.2) is 13.6 Å². The molecule has 176 valence electrons. The predicted molar refractivity (Wildman–Crippen MR) is 121 cm³/mol. The van der Waals surface area contributed by atoms with Crippen LogP contribution in [0.4, 0.5) is 19.3 Å². The third kappa shape index (κ3) is 4.84. The second kappa shape index (κ2) is 8.39. The van der Waals surface area contributed by atoms with Crippen LogP contribution in [0.5, 0.6) is 0 Å². The van der Waals surface area contributed by atoms with E-state index < -0.39 is 17.4 Å². The number of carbonyl (C=O) groups excluding carboxylic acids is 2. The molecule has 0 spiro atoms. The Morgan fingerprint density at radius 3 is 2.58 bits per heavy atom. The predicted octanol–water partition coefficient (Wildman–Crippen LogP) is 5.48. The molecule has 1 aliphatic carbocycles. The molecule has 1 fully saturated rings. The molecule has 2 amide bonds. The minimum absolute atomic E-state index is 0.100. The van der Waals surface area contributed by atoms with Gasteiger partial charge in [-0.1, -0.05) is 13.0 Å². The van der Waals surface area contributed by atoms with Crippen molar-refractivity contribution in [3.05, 3.63) is 58.9 Å². The summed E-state index contributed by atoms with van der Waals surface area (Å²) in [6, 6.07) is 7.00. The number of benzene rings is 1. The average Bonchev–Trinajstić information content (AvgIpc) is 3.54. The molecule has 1 aromatic heterocycles. The van der Waals surface area contributed by atoms with Gasteiger partial charge in [0.05, 0.1) is 17.3 Å². The first-order chi connectivity index (χ1) is 15.5. The van der Waals surface area contributed by atoms with Crippen molar-refractivity contribution >= 4 is 17.7 Å². The number of halogens is 2. The summed E-state index contributed by atoms with van der Waals surface area (Å²) in [5.41, 5.74) is 1.49. The Morgan fingerprint density at radius 2 is 1.94 bits per heavy atom. The van der Waals surface area contributed by atoms with Crippen LogP contribution in [0.3, 0.4) is 0 Å². The third-order valence-electron chi connectivity index (χ3n) is 6.22. The smallest absolute Gasteiger partial charge is 0.410 e. The average molecular weight is 458 g/mol. The third-order valence-corrected chi connectivity index (χ3v) is 6.22. The lowest BCUT2D eigenvalue weighted by atomic mass is 9.90. The number of rotatable bonds is 4. The van der Waals surface area contributed by atoms with Gasteiger partial charge >= 0.3 is 6.09 Å². The summed E-state index contributed by atoms with van der Waals surface area (Å²) >= 11 is 0. The van der Waals surface area contributed by atoms with Crippen molar-refractivity contribution < 1.29 is 23.1 Å². The minimum atomic E-state index is -2.46. The van der Waals surface area contributed by atoms with E-state index in [1.54, 1.807) is 23.1 Å². The number of amides is 2. The minimum Gasteiger partial charge on any atom is -0.444 e. The van der Waals surface area contributed by atoms with Crippen LogP contribution >= 0.6 is 0 Å². The van der Waals surface area contributed by atoms with Crippen molar-refractivity contribution in [2.24, 2.45) is 0 Å². The Labute approximate surface area is 192 Å². The Balaban J connectivity index is 1.51. The number of pyridine rings is 1. The Bertz CT molecular complexity index is 1080. The molecule has 2 heterocycles. The normalized spacial score (nSPS) is 19.1. The summed E-state index contributed by atoms with van der Waals surface area (Å²) in [4.78, 5) is 31.2. The van der Waals surface area contributed by atoms with Crippen LogP contribution in [0.1, 0.15) is 73.5 Å². The highest BCUT2D eigenvalue weighted by molar-refractivity contribution is 6.04. The summed E-state index contributed by atoms with van der Waals surface area (Å²) in [5, 5.41) is 2.77. The molecule has 8 heteroatoms. The number of nitrogens with zero attached hydrogens (tertiary/aromatic N) is 2. The summed E-state index contributed by atoms with van der Waals surface area (Å²) in [7, 11) is 0. The zero-order valence-electron chi connectivity index (χ0n) is 19.3. The van der Waals surface area contributed by atoms with Crippen LogP contribution < -0.4 is 5.32 Å². The van der Waals surface area contributed by atoms with Crippen LogP contribution in [-0.4, -0.2) is 40.5 Å². The summed E-state index contributed by atoms with van der Waals surface area (Å²) in [6.07, 6.45) is 0.891. The number of carbonyl (C=O) groups is 2. The monoisotopic (exact) mass is 457 g/mol. The van der Waals surface area contributed by atoms with Crippen LogP contribution in [0.2, 0.25) is 0 Å². The zero-order valence-corrected chi connectivity index (χ0v) is 19.3. The number of hydrogen-bond acceptors (Lipinski definition) is 4. The molecular formula is C25H29F2N3O3. The van der Waals surface area contributed by atoms with E-state index in [4.69, 9.17) is 4.74 Å². The van der Waals surface area contributed by atoms with Crippen LogP contribution in [0.25, 0.3) is 0 Å². The first kappa shape index (κ1) is 23.1. The number of ether oxygens (including phenoxy) is 1. The number of anilines is 1. The van der Waals surface area contributed by atoms with Crippen molar-refractivity contribution in [1.82, 2.24) is 9.88 Å². The molecular weight excluding hydrogens is 428 g/mol. The summed E-state index contributed by atoms with van der Waals surface area (Å²) < 4.78 is 32.4. The quantitative estimate of drug-likeness (QED) is 0.660. The summed E-state index contributed by atoms with van der Waals surface area (Å²) in [5.74, 6) is -0.260. The van der Waals surface area contributed by atoms with Crippen LogP contribution in [0, 0.1) is 0 Å². The molecule has 0 radical (unpaired) electrons. The maximum absolute atomic E-state index is 13.4. The van der Waals surface area contributed by atoms with Gasteiger partial charge < -0.3 is 15.0 Å². The molecule has 0 unspecified atom stereocenters. The first-order valence-electron chi connectivity index (χ1n) is 11.1. The van der Waals surface area contributed by atoms with Gasteiger partial charge in [-0.05, 0) is 74.4 Å². The lowest BCUT2D eigenvalue weighted by molar-refractivity contribution is 0.0209. The Morgan fingerprint density at radius 1 is 1.21 bits per heavy atom. The standard InChI is InChI=1S/C25H29F2N3O3/c1-15-13-30(23(32)33-24(2,3)4)14-17-9-16(5-6-20(15)17)21(31)29-19-10-18(11-28-12-19)25(7-8-25)22(26)27/h5-6,9-12,15,22H,7-8,13-14H2,1-4H3,(H,29,31)/t15-/m0/s1. The lowest BCUT2D eigenvalue weighted by Crippen LogP contribution is -2.41. The van der Waals surface area contributed by atoms with Crippen molar-refractivity contribution in [3.63, 3.8) is 0 Å². The van der Waals surface area contributed by atoms with Gasteiger partial charge in [0.2, 0.25) is 6.43 Å². The van der Waals surface area contributed by atoms with Crippen molar-refractivity contribution in [3.8, 4) is 0 Å². The molecule has 0 saturated heterocycles. The van der Waals surface area contributed by atoms with Gasteiger partial charge in [-0.15, -0.1) is 0 Å². The van der Waals surface area contributed by atoms with Crippen LogP contribution in [0.15, 0.2) is 36.7 Å². The topological polar surface area (TPSA) is 71.5 Å². The molecule has 4 rings (SSSR count). The molecule has 0 bridgehead atoms. The number of alkyl halides is 2. The first-order valence-corrected chi connectivity index (χ1v) is 11.1. The van der Waals surface area contributed by atoms with Gasteiger partial charge in [-0.2, -0.15) is 0 Å². The van der Waals surface area contributed by atoms with Gasteiger partial charge in [0.1, 0.15) is 5.60 Å². The van der Waals surface area contributed by atoms with E-state index >= 15 is 0 Å². The fourth-order valence-corrected chi connectivity index (χ4v) is 4.28. The number of fused-ring (bicyclic) bond motifs is 1. The fraction of sp³-hybridized carbons (Fsp3) is 0.480. The zero-order chi connectivity index (χ0) is 24.0. The summed E-state index contributed by atoms with van der Waals surface area (Å²) in [6.45, 7) is 8.39. The molecule has 33 heavy (non-hydrogen) atoms. The molecule has 6 nitrogen and oxygen atoms in total. The number of aromatic nitrogens is 1. The maximum Gasteiger partial charge on any atom is 0.410 e. The van der Waals surface area contributed by atoms with E-state index in [1.165, 1.54) is 12.4 Å². The van der Waals surface area contributed by atoms with E-state index in [0.29, 0.717) is 42.7 Å². The fourth-order valence-electron chi connectivity index (χ4n) is 4.28. The Hall–Kier alpha value is -3.03. The van der Waals surface area contributed by atoms with Crippen molar-refractivity contribution in [1.29, 1.82) is 0 Å². The van der Waals surface area contributed by atoms with Gasteiger partial charge in [0.25, 0.3) is 5.91 Å². The molecule has 1 aromatic carbocycles. The van der Waals surface area contributed by atoms with Gasteiger partial charge in [0.15, 0.2) is 0 Å². The highest BCUT2D eigenvalue weighted by Gasteiger charge is 2.52. The SMILES string of the molecule is C[C@H]1CN(C(=O)OC(C)(C)C)Cc2cc(C(=O)Nc3cncc(C4(C(F)F)CC4)c3)ccc21. The van der Waals surface area contributed by atoms with E-state index in [9.17, 15) is 18.4 Å². The molecule has 1 saturated carbocycles. The maximum atomic E-state index is 13.4. The molecule has 1 N–H and O–H groups in total. The van der Waals surface area contributed by atoms with Crippen LogP contribution in [-0.2, 0) is 16.7 Å². The molecule has 2 aromatic rings. The van der Waals surface area contributed by atoms with Crippen molar-refractivity contribution in [2.75, 3.05) is 11.9 Å². The largest absolute Gasteiger partial charge is 0.444 e.